The van der Waals surface area contributed by atoms with Gasteiger partial charge in [-0.15, -0.1) is 0 Å². The van der Waals surface area contributed by atoms with Gasteiger partial charge in [-0.2, -0.15) is 4.98 Å². The van der Waals surface area contributed by atoms with E-state index in [4.69, 9.17) is 13.8 Å². The van der Waals surface area contributed by atoms with Crippen LogP contribution >= 0.6 is 0 Å². The van der Waals surface area contributed by atoms with Crippen molar-refractivity contribution in [1.82, 2.24) is 14.9 Å². The first kappa shape index (κ1) is 21.2. The van der Waals surface area contributed by atoms with Crippen molar-refractivity contribution < 1.29 is 13.6 Å². The normalized spacial score (nSPS) is 19.2. The molecule has 1 saturated heterocycles. The number of nitrogens with zero attached hydrogens (tertiary/aromatic N) is 4. The molecular formula is C26H28N4O3. The Balaban J connectivity index is 1.45. The highest BCUT2D eigenvalue weighted by Gasteiger charge is 2.33. The minimum atomic E-state index is -0.0125. The maximum absolute atomic E-state index is 13.8. The van der Waals surface area contributed by atoms with Crippen molar-refractivity contribution in [3.63, 3.8) is 0 Å². The molecule has 1 aliphatic rings. The summed E-state index contributed by atoms with van der Waals surface area (Å²) in [4.78, 5) is 26.9. The number of para-hydroxylation sites is 1. The van der Waals surface area contributed by atoms with E-state index in [1.54, 1.807) is 6.20 Å². The van der Waals surface area contributed by atoms with Crippen LogP contribution in [0.15, 0.2) is 57.7 Å². The van der Waals surface area contributed by atoms with Gasteiger partial charge in [-0.3, -0.25) is 4.79 Å². The fraction of sp³-hybridized carbons (Fsp3) is 0.346. The SMILES string of the molecule is Cc1ccc(-c2ncco2)c(C(=O)N2CCN(c3nc4c(C)cccc4o3)CC(C)C2C)c1. The fourth-order valence-electron chi connectivity index (χ4n) is 4.53. The van der Waals surface area contributed by atoms with E-state index in [9.17, 15) is 4.79 Å². The summed E-state index contributed by atoms with van der Waals surface area (Å²) in [6, 6.07) is 12.4. The average Bonchev–Trinajstić information content (AvgIpc) is 3.46. The van der Waals surface area contributed by atoms with Crippen LogP contribution in [0.3, 0.4) is 0 Å². The highest BCUT2D eigenvalue weighted by Crippen LogP contribution is 2.30. The maximum Gasteiger partial charge on any atom is 0.298 e. The second kappa shape index (κ2) is 8.39. The molecule has 0 bridgehead atoms. The van der Waals surface area contributed by atoms with Crippen LogP contribution in [0.4, 0.5) is 6.01 Å². The van der Waals surface area contributed by atoms with Gasteiger partial charge in [-0.25, -0.2) is 4.98 Å². The Morgan fingerprint density at radius 1 is 1.12 bits per heavy atom. The third-order valence-electron chi connectivity index (χ3n) is 6.64. The fourth-order valence-corrected chi connectivity index (χ4v) is 4.53. The minimum Gasteiger partial charge on any atom is -0.445 e. The van der Waals surface area contributed by atoms with Gasteiger partial charge in [-0.1, -0.05) is 30.7 Å². The number of benzene rings is 2. The van der Waals surface area contributed by atoms with Gasteiger partial charge in [0.1, 0.15) is 11.8 Å². The molecule has 2 atom stereocenters. The predicted molar refractivity (Wildman–Crippen MR) is 127 cm³/mol. The quantitative estimate of drug-likeness (QED) is 0.438. The van der Waals surface area contributed by atoms with Crippen molar-refractivity contribution >= 4 is 23.0 Å². The van der Waals surface area contributed by atoms with E-state index in [-0.39, 0.29) is 17.9 Å². The van der Waals surface area contributed by atoms with E-state index in [1.165, 1.54) is 6.26 Å². The number of oxazole rings is 2. The second-order valence-corrected chi connectivity index (χ2v) is 8.97. The average molecular weight is 445 g/mol. The van der Waals surface area contributed by atoms with E-state index in [0.29, 0.717) is 36.1 Å². The summed E-state index contributed by atoms with van der Waals surface area (Å²) in [5.41, 5.74) is 5.12. The molecule has 3 heterocycles. The van der Waals surface area contributed by atoms with Gasteiger partial charge in [0.15, 0.2) is 5.58 Å². The summed E-state index contributed by atoms with van der Waals surface area (Å²) in [5.74, 6) is 0.668. The summed E-state index contributed by atoms with van der Waals surface area (Å²) >= 11 is 0. The van der Waals surface area contributed by atoms with Crippen molar-refractivity contribution in [2.45, 2.75) is 33.7 Å². The molecule has 170 valence electrons. The summed E-state index contributed by atoms with van der Waals surface area (Å²) < 4.78 is 11.6. The number of amides is 1. The molecule has 1 fully saturated rings. The summed E-state index contributed by atoms with van der Waals surface area (Å²) in [7, 11) is 0. The molecule has 1 aliphatic heterocycles. The van der Waals surface area contributed by atoms with Crippen LogP contribution in [0.5, 0.6) is 0 Å². The van der Waals surface area contributed by atoms with E-state index < -0.39 is 0 Å². The molecule has 2 unspecified atom stereocenters. The molecule has 1 amide bonds. The number of anilines is 1. The standard InChI is InChI=1S/C26H28N4O3/c1-16-8-9-20(24-27-10-13-32-24)21(14-16)25(31)30-12-11-29(15-18(3)19(30)4)26-28-23-17(2)6-5-7-22(23)33-26/h5-10,13-14,18-19H,11-12,15H2,1-4H3. The van der Waals surface area contributed by atoms with Crippen molar-refractivity contribution in [2.75, 3.05) is 24.5 Å². The van der Waals surface area contributed by atoms with Gasteiger partial charge in [0, 0.05) is 31.2 Å². The van der Waals surface area contributed by atoms with Crippen molar-refractivity contribution in [3.05, 3.63) is 65.5 Å². The van der Waals surface area contributed by atoms with Crippen molar-refractivity contribution in [1.29, 1.82) is 0 Å². The second-order valence-electron chi connectivity index (χ2n) is 8.97. The summed E-state index contributed by atoms with van der Waals surface area (Å²) in [6.07, 6.45) is 3.13. The zero-order valence-electron chi connectivity index (χ0n) is 19.4. The maximum atomic E-state index is 13.8. The number of carbonyl (C=O) groups excluding carboxylic acids is 1. The molecule has 0 radical (unpaired) electrons. The lowest BCUT2D eigenvalue weighted by Gasteiger charge is -2.30. The third kappa shape index (κ3) is 3.88. The smallest absolute Gasteiger partial charge is 0.298 e. The molecule has 33 heavy (non-hydrogen) atoms. The van der Waals surface area contributed by atoms with Crippen LogP contribution in [-0.2, 0) is 0 Å². The molecule has 2 aromatic heterocycles. The van der Waals surface area contributed by atoms with E-state index in [2.05, 4.69) is 23.7 Å². The predicted octanol–water partition coefficient (Wildman–Crippen LogP) is 5.09. The molecule has 0 saturated carbocycles. The molecule has 0 N–H and O–H groups in total. The highest BCUT2D eigenvalue weighted by atomic mass is 16.4. The number of aromatic nitrogens is 2. The first-order valence-corrected chi connectivity index (χ1v) is 11.3. The lowest BCUT2D eigenvalue weighted by atomic mass is 9.99. The van der Waals surface area contributed by atoms with Gasteiger partial charge in [0.25, 0.3) is 11.9 Å². The number of carbonyl (C=O) groups is 1. The van der Waals surface area contributed by atoms with E-state index >= 15 is 0 Å². The molecule has 0 aliphatic carbocycles. The Hall–Kier alpha value is -3.61. The lowest BCUT2D eigenvalue weighted by Crippen LogP contribution is -2.42. The first-order valence-electron chi connectivity index (χ1n) is 11.3. The number of aryl methyl sites for hydroxylation is 2. The zero-order valence-corrected chi connectivity index (χ0v) is 19.4. The summed E-state index contributed by atoms with van der Waals surface area (Å²) in [5, 5.41) is 0. The van der Waals surface area contributed by atoms with Crippen LogP contribution in [0.2, 0.25) is 0 Å². The Bertz CT molecular complexity index is 1290. The Kier molecular flexibility index (Phi) is 5.40. The molecule has 2 aromatic carbocycles. The number of hydrogen-bond donors (Lipinski definition) is 0. The molecular weight excluding hydrogens is 416 g/mol. The zero-order chi connectivity index (χ0) is 23.1. The molecule has 5 rings (SSSR count). The topological polar surface area (TPSA) is 75.6 Å². The van der Waals surface area contributed by atoms with Crippen LogP contribution in [-0.4, -0.2) is 46.5 Å². The van der Waals surface area contributed by atoms with Gasteiger partial charge < -0.3 is 18.6 Å². The number of rotatable bonds is 3. The number of fused-ring (bicyclic) bond motifs is 1. The van der Waals surface area contributed by atoms with Gasteiger partial charge >= 0.3 is 0 Å². The summed E-state index contributed by atoms with van der Waals surface area (Å²) in [6.45, 7) is 10.3. The van der Waals surface area contributed by atoms with Crippen LogP contribution in [0.1, 0.15) is 35.3 Å². The Morgan fingerprint density at radius 3 is 2.73 bits per heavy atom. The third-order valence-corrected chi connectivity index (χ3v) is 6.64. The first-order chi connectivity index (χ1) is 15.9. The molecule has 7 heteroatoms. The highest BCUT2D eigenvalue weighted by molar-refractivity contribution is 6.00. The van der Waals surface area contributed by atoms with Crippen LogP contribution < -0.4 is 4.90 Å². The monoisotopic (exact) mass is 444 g/mol. The lowest BCUT2D eigenvalue weighted by molar-refractivity contribution is 0.0671. The Morgan fingerprint density at radius 2 is 1.97 bits per heavy atom. The van der Waals surface area contributed by atoms with E-state index in [1.807, 2.05) is 55.1 Å². The molecule has 0 spiro atoms. The Labute approximate surface area is 193 Å². The minimum absolute atomic E-state index is 0.0125. The molecule has 4 aromatic rings. The van der Waals surface area contributed by atoms with Gasteiger partial charge in [-0.05, 0) is 50.5 Å². The van der Waals surface area contributed by atoms with Crippen LogP contribution in [0, 0.1) is 19.8 Å². The van der Waals surface area contributed by atoms with Crippen molar-refractivity contribution in [2.24, 2.45) is 5.92 Å². The molecule has 7 nitrogen and oxygen atoms in total. The van der Waals surface area contributed by atoms with Gasteiger partial charge in [0.2, 0.25) is 5.89 Å². The largest absolute Gasteiger partial charge is 0.445 e. The van der Waals surface area contributed by atoms with Crippen molar-refractivity contribution in [3.8, 4) is 11.5 Å². The van der Waals surface area contributed by atoms with Gasteiger partial charge in [0.05, 0.1) is 11.8 Å². The van der Waals surface area contributed by atoms with E-state index in [0.717, 1.165) is 28.8 Å². The van der Waals surface area contributed by atoms with Crippen LogP contribution in [0.25, 0.3) is 22.6 Å². The number of hydrogen-bond acceptors (Lipinski definition) is 6.